The number of rotatable bonds is 5. The second-order valence-electron chi connectivity index (χ2n) is 6.64. The van der Waals surface area contributed by atoms with Crippen LogP contribution in [0.15, 0.2) is 51.7 Å². The van der Waals surface area contributed by atoms with Crippen LogP contribution in [-0.4, -0.2) is 23.6 Å². The van der Waals surface area contributed by atoms with Gasteiger partial charge in [-0.25, -0.2) is 4.79 Å². The molecule has 0 spiro atoms. The van der Waals surface area contributed by atoms with E-state index in [0.29, 0.717) is 21.8 Å². The second kappa shape index (κ2) is 7.48. The van der Waals surface area contributed by atoms with E-state index in [-0.39, 0.29) is 18.9 Å². The first-order valence-electron chi connectivity index (χ1n) is 9.04. The third-order valence-corrected chi connectivity index (χ3v) is 5.05. The Balaban J connectivity index is 1.49. The van der Waals surface area contributed by atoms with Crippen LogP contribution < -0.4 is 16.0 Å². The number of aromatic nitrogens is 1. The number of para-hydroxylation sites is 2. The molecule has 0 unspecified atom stereocenters. The van der Waals surface area contributed by atoms with Crippen molar-refractivity contribution in [1.29, 1.82) is 0 Å². The van der Waals surface area contributed by atoms with E-state index in [1.165, 1.54) is 4.57 Å². The first-order chi connectivity index (χ1) is 13.1. The van der Waals surface area contributed by atoms with Crippen LogP contribution >= 0.6 is 11.6 Å². The van der Waals surface area contributed by atoms with Crippen LogP contribution in [0.25, 0.3) is 11.1 Å². The molecule has 2 aromatic carbocycles. The number of amides is 1. The maximum atomic E-state index is 12.5. The summed E-state index contributed by atoms with van der Waals surface area (Å²) >= 11 is 6.12. The molecule has 0 bridgehead atoms. The second-order valence-corrected chi connectivity index (χ2v) is 7.08. The lowest BCUT2D eigenvalue weighted by atomic mass is 10.2. The number of benzene rings is 2. The van der Waals surface area contributed by atoms with Crippen molar-refractivity contribution in [1.82, 2.24) is 4.57 Å². The van der Waals surface area contributed by atoms with Gasteiger partial charge in [0.15, 0.2) is 5.58 Å². The summed E-state index contributed by atoms with van der Waals surface area (Å²) in [5.74, 6) is -0.626. The minimum Gasteiger partial charge on any atom is -0.408 e. The molecular weight excluding hydrogens is 366 g/mol. The molecule has 0 atom stereocenters. The molecule has 1 saturated heterocycles. The van der Waals surface area contributed by atoms with Crippen LogP contribution in [0.5, 0.6) is 0 Å². The number of hydrogen-bond acceptors (Lipinski definition) is 4. The Morgan fingerprint density at radius 1 is 1.15 bits per heavy atom. The van der Waals surface area contributed by atoms with Gasteiger partial charge in [-0.05, 0) is 43.2 Å². The fourth-order valence-corrected chi connectivity index (χ4v) is 3.67. The van der Waals surface area contributed by atoms with Crippen molar-refractivity contribution in [3.63, 3.8) is 0 Å². The SMILES string of the molecule is O=C(CCn1c(=O)oc2ccccc21)Nc1cc(Cl)ccc1N1CCCC1. The Morgan fingerprint density at radius 2 is 1.93 bits per heavy atom. The Labute approximate surface area is 161 Å². The van der Waals surface area contributed by atoms with Crippen molar-refractivity contribution in [2.75, 3.05) is 23.3 Å². The highest BCUT2D eigenvalue weighted by molar-refractivity contribution is 6.31. The highest BCUT2D eigenvalue weighted by Gasteiger charge is 2.18. The normalized spacial score (nSPS) is 14.0. The van der Waals surface area contributed by atoms with Gasteiger partial charge in [0.1, 0.15) is 0 Å². The van der Waals surface area contributed by atoms with Gasteiger partial charge in [0, 0.05) is 31.1 Å². The van der Waals surface area contributed by atoms with E-state index in [0.717, 1.165) is 31.6 Å². The summed E-state index contributed by atoms with van der Waals surface area (Å²) in [6.07, 6.45) is 2.45. The van der Waals surface area contributed by atoms with E-state index in [2.05, 4.69) is 10.2 Å². The van der Waals surface area contributed by atoms with Gasteiger partial charge in [-0.3, -0.25) is 9.36 Å². The van der Waals surface area contributed by atoms with Gasteiger partial charge in [-0.15, -0.1) is 0 Å². The van der Waals surface area contributed by atoms with Crippen molar-refractivity contribution in [2.45, 2.75) is 25.8 Å². The summed E-state index contributed by atoms with van der Waals surface area (Å²) in [6, 6.07) is 12.7. The Bertz CT molecular complexity index is 1030. The lowest BCUT2D eigenvalue weighted by Gasteiger charge is -2.22. The first kappa shape index (κ1) is 17.7. The van der Waals surface area contributed by atoms with Gasteiger partial charge >= 0.3 is 5.76 Å². The van der Waals surface area contributed by atoms with Gasteiger partial charge in [0.05, 0.1) is 16.9 Å². The fourth-order valence-electron chi connectivity index (χ4n) is 3.49. The minimum absolute atomic E-state index is 0.162. The third-order valence-electron chi connectivity index (χ3n) is 4.82. The predicted molar refractivity (Wildman–Crippen MR) is 107 cm³/mol. The van der Waals surface area contributed by atoms with Gasteiger partial charge < -0.3 is 14.6 Å². The molecule has 0 aliphatic carbocycles. The Morgan fingerprint density at radius 3 is 2.74 bits per heavy atom. The summed E-state index contributed by atoms with van der Waals surface area (Å²) in [7, 11) is 0. The molecule has 6 nitrogen and oxygen atoms in total. The smallest absolute Gasteiger partial charge is 0.408 e. The van der Waals surface area contributed by atoms with Crippen LogP contribution in [-0.2, 0) is 11.3 Å². The topological polar surface area (TPSA) is 67.5 Å². The van der Waals surface area contributed by atoms with Gasteiger partial charge in [-0.1, -0.05) is 23.7 Å². The number of carbonyl (C=O) groups is 1. The Kier molecular flexibility index (Phi) is 4.90. The van der Waals surface area contributed by atoms with E-state index in [1.807, 2.05) is 18.2 Å². The molecule has 4 rings (SSSR count). The molecule has 0 saturated carbocycles. The monoisotopic (exact) mass is 385 g/mol. The highest BCUT2D eigenvalue weighted by Crippen LogP contribution is 2.31. The standard InChI is InChI=1S/C20H20ClN3O3/c21-14-7-8-16(23-10-3-4-11-23)15(13-14)22-19(25)9-12-24-17-5-1-2-6-18(17)27-20(24)26/h1-2,5-8,13H,3-4,9-12H2,(H,22,25). The molecule has 27 heavy (non-hydrogen) atoms. The number of nitrogens with one attached hydrogen (secondary N) is 1. The predicted octanol–water partition coefficient (Wildman–Crippen LogP) is 3.88. The van der Waals surface area contributed by atoms with E-state index in [4.69, 9.17) is 16.0 Å². The van der Waals surface area contributed by atoms with Crippen LogP contribution in [0.4, 0.5) is 11.4 Å². The Hall–Kier alpha value is -2.73. The number of carbonyl (C=O) groups excluding carboxylic acids is 1. The van der Waals surface area contributed by atoms with E-state index < -0.39 is 5.76 Å². The maximum absolute atomic E-state index is 12.5. The number of hydrogen-bond donors (Lipinski definition) is 1. The molecule has 3 aromatic rings. The van der Waals surface area contributed by atoms with Crippen LogP contribution in [0.3, 0.4) is 0 Å². The van der Waals surface area contributed by atoms with Gasteiger partial charge in [0.2, 0.25) is 5.91 Å². The summed E-state index contributed by atoms with van der Waals surface area (Å²) in [5, 5.41) is 3.52. The van der Waals surface area contributed by atoms with E-state index >= 15 is 0 Å². The van der Waals surface area contributed by atoms with Crippen molar-refractivity contribution in [3.05, 3.63) is 58.0 Å². The molecule has 140 valence electrons. The number of oxazole rings is 1. The van der Waals surface area contributed by atoms with Crippen LogP contribution in [0.1, 0.15) is 19.3 Å². The van der Waals surface area contributed by atoms with E-state index in [9.17, 15) is 9.59 Å². The lowest BCUT2D eigenvalue weighted by molar-refractivity contribution is -0.116. The lowest BCUT2D eigenvalue weighted by Crippen LogP contribution is -2.23. The van der Waals surface area contributed by atoms with Crippen LogP contribution in [0.2, 0.25) is 5.02 Å². The zero-order chi connectivity index (χ0) is 18.8. The molecule has 7 heteroatoms. The number of nitrogens with zero attached hydrogens (tertiary/aromatic N) is 2. The minimum atomic E-state index is -0.454. The average Bonchev–Trinajstić information content (AvgIpc) is 3.27. The summed E-state index contributed by atoms with van der Waals surface area (Å²) in [5.41, 5.74) is 2.90. The summed E-state index contributed by atoms with van der Waals surface area (Å²) in [4.78, 5) is 26.8. The largest absolute Gasteiger partial charge is 0.419 e. The van der Waals surface area contributed by atoms with Crippen molar-refractivity contribution in [2.24, 2.45) is 0 Å². The summed E-state index contributed by atoms with van der Waals surface area (Å²) in [6.45, 7) is 2.20. The summed E-state index contributed by atoms with van der Waals surface area (Å²) < 4.78 is 6.68. The number of aryl methyl sites for hydroxylation is 1. The third kappa shape index (κ3) is 3.71. The number of fused-ring (bicyclic) bond motifs is 1. The van der Waals surface area contributed by atoms with Gasteiger partial charge in [0.25, 0.3) is 0 Å². The van der Waals surface area contributed by atoms with Crippen molar-refractivity contribution < 1.29 is 9.21 Å². The quantitative estimate of drug-likeness (QED) is 0.723. The molecule has 0 radical (unpaired) electrons. The maximum Gasteiger partial charge on any atom is 0.419 e. The van der Waals surface area contributed by atoms with Crippen LogP contribution in [0, 0.1) is 0 Å². The molecule has 2 heterocycles. The zero-order valence-corrected chi connectivity index (χ0v) is 15.5. The molecule has 1 N–H and O–H groups in total. The number of halogens is 1. The molecule has 1 aliphatic rings. The highest BCUT2D eigenvalue weighted by atomic mass is 35.5. The van der Waals surface area contributed by atoms with Crippen molar-refractivity contribution in [3.8, 4) is 0 Å². The molecule has 1 amide bonds. The fraction of sp³-hybridized carbons (Fsp3) is 0.300. The molecule has 1 fully saturated rings. The van der Waals surface area contributed by atoms with E-state index in [1.54, 1.807) is 24.3 Å². The molecule has 1 aliphatic heterocycles. The zero-order valence-electron chi connectivity index (χ0n) is 14.8. The molecular formula is C20H20ClN3O3. The molecule has 1 aromatic heterocycles. The number of anilines is 2. The average molecular weight is 386 g/mol. The van der Waals surface area contributed by atoms with Crippen molar-refractivity contribution >= 4 is 40.0 Å². The first-order valence-corrected chi connectivity index (χ1v) is 9.42. The van der Waals surface area contributed by atoms with Gasteiger partial charge in [-0.2, -0.15) is 0 Å².